The largest absolute Gasteiger partial charge is 0.340 e. The third kappa shape index (κ3) is 4.42. The highest BCUT2D eigenvalue weighted by molar-refractivity contribution is 6.31. The summed E-state index contributed by atoms with van der Waals surface area (Å²) in [4.78, 5) is 22.3. The molecule has 0 aliphatic rings. The van der Waals surface area contributed by atoms with Crippen LogP contribution in [0.15, 0.2) is 30.6 Å². The van der Waals surface area contributed by atoms with E-state index < -0.39 is 0 Å². The van der Waals surface area contributed by atoms with Crippen molar-refractivity contribution in [2.24, 2.45) is 0 Å². The van der Waals surface area contributed by atoms with E-state index in [2.05, 4.69) is 22.2 Å². The first-order chi connectivity index (χ1) is 11.0. The molecule has 0 unspecified atom stereocenters. The highest BCUT2D eigenvalue weighted by atomic mass is 35.5. The van der Waals surface area contributed by atoms with Crippen molar-refractivity contribution in [1.29, 1.82) is 0 Å². The fourth-order valence-electron chi connectivity index (χ4n) is 2.08. The maximum atomic E-state index is 12.2. The Balaban J connectivity index is 2.07. The number of aromatic nitrogens is 2. The number of amides is 1. The smallest absolute Gasteiger partial charge is 0.273 e. The van der Waals surface area contributed by atoms with E-state index in [0.717, 1.165) is 30.6 Å². The average Bonchev–Trinajstić information content (AvgIpc) is 2.57. The molecule has 1 aromatic carbocycles. The van der Waals surface area contributed by atoms with Crippen LogP contribution in [0.5, 0.6) is 0 Å². The quantitative estimate of drug-likeness (QED) is 0.866. The molecule has 2 aromatic rings. The van der Waals surface area contributed by atoms with Gasteiger partial charge >= 0.3 is 0 Å². The predicted molar refractivity (Wildman–Crippen MR) is 93.4 cm³/mol. The molecule has 1 amide bonds. The Morgan fingerprint density at radius 3 is 2.74 bits per heavy atom. The Bertz CT molecular complexity index is 673. The van der Waals surface area contributed by atoms with Gasteiger partial charge in [0.05, 0.1) is 12.4 Å². The first kappa shape index (κ1) is 17.2. The number of carbonyl (C=O) groups excluding carboxylic acids is 1. The van der Waals surface area contributed by atoms with Crippen LogP contribution in [0, 0.1) is 6.92 Å². The van der Waals surface area contributed by atoms with Gasteiger partial charge in [0.25, 0.3) is 5.91 Å². The van der Waals surface area contributed by atoms with Crippen molar-refractivity contribution >= 4 is 29.0 Å². The minimum Gasteiger partial charge on any atom is -0.340 e. The molecule has 1 aromatic heterocycles. The Morgan fingerprint density at radius 1 is 1.30 bits per heavy atom. The molecule has 0 fully saturated rings. The number of nitrogens with one attached hydrogen (secondary N) is 1. The number of carbonyl (C=O) groups is 1. The molecule has 0 saturated heterocycles. The lowest BCUT2D eigenvalue weighted by Gasteiger charge is -2.16. The van der Waals surface area contributed by atoms with Crippen molar-refractivity contribution in [3.8, 4) is 0 Å². The summed E-state index contributed by atoms with van der Waals surface area (Å²) in [5, 5.41) is 3.85. The lowest BCUT2D eigenvalue weighted by atomic mass is 10.2. The van der Waals surface area contributed by atoms with Gasteiger partial charge in [-0.15, -0.1) is 0 Å². The molecule has 122 valence electrons. The Kier molecular flexibility index (Phi) is 5.93. The molecule has 0 atom stereocenters. The van der Waals surface area contributed by atoms with Crippen molar-refractivity contribution in [3.63, 3.8) is 0 Å². The van der Waals surface area contributed by atoms with Crippen LogP contribution in [0.4, 0.5) is 11.5 Å². The highest BCUT2D eigenvalue weighted by Crippen LogP contribution is 2.25. The van der Waals surface area contributed by atoms with Crippen LogP contribution in [0.3, 0.4) is 0 Å². The lowest BCUT2D eigenvalue weighted by molar-refractivity contribution is 0.0787. The van der Waals surface area contributed by atoms with E-state index in [1.54, 1.807) is 18.1 Å². The van der Waals surface area contributed by atoms with E-state index in [1.807, 2.05) is 25.1 Å². The Morgan fingerprint density at radius 2 is 2.09 bits per heavy atom. The van der Waals surface area contributed by atoms with Gasteiger partial charge in [-0.1, -0.05) is 31.0 Å². The van der Waals surface area contributed by atoms with Crippen molar-refractivity contribution in [1.82, 2.24) is 14.9 Å². The van der Waals surface area contributed by atoms with Gasteiger partial charge in [0.2, 0.25) is 0 Å². The van der Waals surface area contributed by atoms with Gasteiger partial charge in [-0.25, -0.2) is 9.97 Å². The van der Waals surface area contributed by atoms with E-state index in [9.17, 15) is 4.79 Å². The summed E-state index contributed by atoms with van der Waals surface area (Å²) in [5.74, 6) is 0.458. The molecule has 0 aliphatic carbocycles. The number of halogens is 1. The normalized spacial score (nSPS) is 10.4. The molecule has 0 bridgehead atoms. The van der Waals surface area contributed by atoms with E-state index in [-0.39, 0.29) is 5.91 Å². The molecule has 1 heterocycles. The van der Waals surface area contributed by atoms with Crippen LogP contribution in [0.2, 0.25) is 5.02 Å². The van der Waals surface area contributed by atoms with Gasteiger partial charge in [-0.2, -0.15) is 0 Å². The van der Waals surface area contributed by atoms with E-state index in [1.165, 1.54) is 6.20 Å². The average molecular weight is 333 g/mol. The summed E-state index contributed by atoms with van der Waals surface area (Å²) in [6, 6.07) is 5.62. The monoisotopic (exact) mass is 332 g/mol. The number of unbranched alkanes of at least 4 members (excludes halogenated alkanes) is 1. The summed E-state index contributed by atoms with van der Waals surface area (Å²) in [6.07, 6.45) is 5.07. The summed E-state index contributed by atoms with van der Waals surface area (Å²) in [5.41, 5.74) is 2.15. The van der Waals surface area contributed by atoms with Crippen LogP contribution < -0.4 is 5.32 Å². The molecule has 6 heteroatoms. The third-order valence-corrected chi connectivity index (χ3v) is 4.00. The topological polar surface area (TPSA) is 58.1 Å². The first-order valence-electron chi connectivity index (χ1n) is 7.62. The van der Waals surface area contributed by atoms with E-state index in [0.29, 0.717) is 16.5 Å². The number of anilines is 2. The minimum atomic E-state index is -0.114. The van der Waals surface area contributed by atoms with Crippen LogP contribution in [-0.2, 0) is 0 Å². The zero-order valence-corrected chi connectivity index (χ0v) is 14.4. The molecule has 5 nitrogen and oxygen atoms in total. The number of hydrogen-bond acceptors (Lipinski definition) is 4. The molecule has 0 saturated carbocycles. The van der Waals surface area contributed by atoms with Crippen molar-refractivity contribution < 1.29 is 4.79 Å². The molecule has 1 N–H and O–H groups in total. The first-order valence-corrected chi connectivity index (χ1v) is 8.00. The molecular weight excluding hydrogens is 312 g/mol. The van der Waals surface area contributed by atoms with Crippen LogP contribution in [-0.4, -0.2) is 34.4 Å². The van der Waals surface area contributed by atoms with E-state index in [4.69, 9.17) is 11.6 Å². The SMILES string of the molecule is CCCCN(C)C(=O)c1cnc(Nc2cccc(Cl)c2C)cn1. The fraction of sp³-hybridized carbons (Fsp3) is 0.353. The van der Waals surface area contributed by atoms with Crippen molar-refractivity contribution in [2.45, 2.75) is 26.7 Å². The lowest BCUT2D eigenvalue weighted by Crippen LogP contribution is -2.28. The Labute approximate surface area is 141 Å². The molecule has 23 heavy (non-hydrogen) atoms. The molecule has 0 radical (unpaired) electrons. The van der Waals surface area contributed by atoms with E-state index >= 15 is 0 Å². The van der Waals surface area contributed by atoms with Gasteiger partial charge in [0, 0.05) is 24.3 Å². The second kappa shape index (κ2) is 7.92. The summed E-state index contributed by atoms with van der Waals surface area (Å²) in [6.45, 7) is 4.74. The van der Waals surface area contributed by atoms with Crippen molar-refractivity contribution in [2.75, 3.05) is 18.9 Å². The highest BCUT2D eigenvalue weighted by Gasteiger charge is 2.13. The number of hydrogen-bond donors (Lipinski definition) is 1. The predicted octanol–water partition coefficient (Wildman–Crippen LogP) is 4.05. The van der Waals surface area contributed by atoms with Gasteiger partial charge in [0.1, 0.15) is 11.5 Å². The molecular formula is C17H21ClN4O. The molecule has 2 rings (SSSR count). The summed E-state index contributed by atoms with van der Waals surface area (Å²) in [7, 11) is 1.78. The van der Waals surface area contributed by atoms with Crippen LogP contribution >= 0.6 is 11.6 Å². The zero-order valence-electron chi connectivity index (χ0n) is 13.6. The molecule has 0 spiro atoms. The third-order valence-electron chi connectivity index (χ3n) is 3.60. The summed E-state index contributed by atoms with van der Waals surface area (Å²) >= 11 is 6.10. The number of nitrogens with zero attached hydrogens (tertiary/aromatic N) is 3. The maximum Gasteiger partial charge on any atom is 0.273 e. The fourth-order valence-corrected chi connectivity index (χ4v) is 2.25. The van der Waals surface area contributed by atoms with Crippen LogP contribution in [0.25, 0.3) is 0 Å². The number of benzene rings is 1. The summed E-state index contributed by atoms with van der Waals surface area (Å²) < 4.78 is 0. The van der Waals surface area contributed by atoms with Crippen LogP contribution in [0.1, 0.15) is 35.8 Å². The second-order valence-electron chi connectivity index (χ2n) is 5.40. The van der Waals surface area contributed by atoms with Gasteiger partial charge in [-0.3, -0.25) is 4.79 Å². The van der Waals surface area contributed by atoms with Gasteiger partial charge in [-0.05, 0) is 31.0 Å². The number of rotatable bonds is 6. The Hall–Kier alpha value is -2.14. The standard InChI is InChI=1S/C17H21ClN4O/c1-4-5-9-22(3)17(23)15-10-20-16(11-19-15)21-14-8-6-7-13(18)12(14)2/h6-8,10-11H,4-5,9H2,1-3H3,(H,20,21). The van der Waals surface area contributed by atoms with Crippen molar-refractivity contribution in [3.05, 3.63) is 46.9 Å². The zero-order chi connectivity index (χ0) is 16.8. The minimum absolute atomic E-state index is 0.114. The second-order valence-corrected chi connectivity index (χ2v) is 5.81. The van der Waals surface area contributed by atoms with Gasteiger partial charge in [0.15, 0.2) is 0 Å². The maximum absolute atomic E-state index is 12.2. The molecule has 0 aliphatic heterocycles. The van der Waals surface area contributed by atoms with Gasteiger partial charge < -0.3 is 10.2 Å².